The first kappa shape index (κ1) is 29.0. The average molecular weight is 518 g/mol. The van der Waals surface area contributed by atoms with Crippen molar-refractivity contribution in [3.63, 3.8) is 0 Å². The molecule has 0 bridgehead atoms. The number of nitrogens with zero attached hydrogens (tertiary/aromatic N) is 3. The molecule has 190 valence electrons. The van der Waals surface area contributed by atoms with Gasteiger partial charge in [0.1, 0.15) is 5.84 Å². The molecular formula is C19H31N7O6S2. The van der Waals surface area contributed by atoms with Crippen molar-refractivity contribution in [3.8, 4) is 0 Å². The van der Waals surface area contributed by atoms with E-state index in [1.54, 1.807) is 0 Å². The zero-order valence-corrected chi connectivity index (χ0v) is 20.2. The molecule has 0 unspecified atom stereocenters. The molecule has 1 aromatic heterocycles. The van der Waals surface area contributed by atoms with Crippen LogP contribution in [0.25, 0.3) is 0 Å². The van der Waals surface area contributed by atoms with Gasteiger partial charge in [0.15, 0.2) is 5.96 Å². The second-order valence-corrected chi connectivity index (χ2v) is 9.59. The van der Waals surface area contributed by atoms with E-state index < -0.39 is 22.1 Å². The Morgan fingerprint density at radius 3 is 2.29 bits per heavy atom. The van der Waals surface area contributed by atoms with Crippen LogP contribution in [0.4, 0.5) is 5.13 Å². The fraction of sp³-hybridized carbons (Fsp3) is 0.526. The number of carboxylic acid groups (broad SMARTS) is 2. The summed E-state index contributed by atoms with van der Waals surface area (Å²) in [5, 5.41) is 18.1. The van der Waals surface area contributed by atoms with E-state index in [0.29, 0.717) is 23.7 Å². The Bertz CT molecular complexity index is 979. The average Bonchev–Trinajstić information content (AvgIpc) is 3.16. The lowest BCUT2D eigenvalue weighted by Crippen LogP contribution is -2.36. The summed E-state index contributed by atoms with van der Waals surface area (Å²) in [6, 6.07) is -0.0191. The summed E-state index contributed by atoms with van der Waals surface area (Å²) >= 11 is 1.37. The van der Waals surface area contributed by atoms with Crippen molar-refractivity contribution in [1.82, 2.24) is 9.71 Å². The Labute approximate surface area is 202 Å². The number of hydrogen-bond donors (Lipinski definition) is 6. The number of amidine groups is 1. The predicted molar refractivity (Wildman–Crippen MR) is 130 cm³/mol. The highest BCUT2D eigenvalue weighted by molar-refractivity contribution is 7.88. The fourth-order valence-corrected chi connectivity index (χ4v) is 4.83. The second kappa shape index (κ2) is 15.0. The van der Waals surface area contributed by atoms with E-state index in [-0.39, 0.29) is 17.8 Å². The molecule has 1 heterocycles. The van der Waals surface area contributed by atoms with Crippen molar-refractivity contribution in [1.29, 1.82) is 0 Å². The lowest BCUT2D eigenvalue weighted by molar-refractivity contribution is -0.134. The highest BCUT2D eigenvalue weighted by Gasteiger charge is 2.19. The summed E-state index contributed by atoms with van der Waals surface area (Å²) in [4.78, 5) is 27.3. The quantitative estimate of drug-likeness (QED) is 0.105. The van der Waals surface area contributed by atoms with E-state index in [0.717, 1.165) is 57.1 Å². The molecule has 1 aliphatic rings. The lowest BCUT2D eigenvalue weighted by Gasteiger charge is -2.21. The van der Waals surface area contributed by atoms with Crippen molar-refractivity contribution >= 4 is 50.4 Å². The molecule has 1 aliphatic carbocycles. The Morgan fingerprint density at radius 1 is 1.12 bits per heavy atom. The Morgan fingerprint density at radius 2 is 1.74 bits per heavy atom. The van der Waals surface area contributed by atoms with Gasteiger partial charge in [0.25, 0.3) is 0 Å². The SMILES string of the molecule is NC(N)=Nc1nc(CCCCC(N)=NS(=O)(=O)NC2CCCCC2)cs1.O=C(O)/C=C\C(=O)O. The number of aliphatic imine (C=N–C) groups is 1. The summed E-state index contributed by atoms with van der Waals surface area (Å²) in [5.41, 5.74) is 17.3. The summed E-state index contributed by atoms with van der Waals surface area (Å²) in [5.74, 6) is -2.40. The highest BCUT2D eigenvalue weighted by atomic mass is 32.2. The molecule has 2 rings (SSSR count). The highest BCUT2D eigenvalue weighted by Crippen LogP contribution is 2.20. The first-order valence-electron chi connectivity index (χ1n) is 10.5. The number of hydrogen-bond acceptors (Lipinski definition) is 7. The van der Waals surface area contributed by atoms with Crippen LogP contribution in [-0.2, 0) is 26.2 Å². The Hall–Kier alpha value is -3.04. The van der Waals surface area contributed by atoms with Crippen LogP contribution in [-0.4, -0.2) is 53.4 Å². The van der Waals surface area contributed by atoms with Crippen molar-refractivity contribution in [2.45, 2.75) is 63.8 Å². The molecule has 0 saturated heterocycles. The molecule has 1 aromatic rings. The maximum atomic E-state index is 12.0. The van der Waals surface area contributed by atoms with Gasteiger partial charge in [0.2, 0.25) is 5.13 Å². The van der Waals surface area contributed by atoms with Gasteiger partial charge in [-0.1, -0.05) is 19.3 Å². The largest absolute Gasteiger partial charge is 0.478 e. The number of carboxylic acids is 2. The topological polar surface area (TPSA) is 236 Å². The molecule has 0 aliphatic heterocycles. The zero-order chi connectivity index (χ0) is 25.6. The number of aromatic nitrogens is 1. The van der Waals surface area contributed by atoms with E-state index in [1.165, 1.54) is 11.3 Å². The molecule has 0 aromatic carbocycles. The van der Waals surface area contributed by atoms with Gasteiger partial charge in [0.05, 0.1) is 5.69 Å². The number of nitrogens with two attached hydrogens (primary N) is 3. The number of thiazole rings is 1. The molecule has 1 saturated carbocycles. The van der Waals surface area contributed by atoms with Crippen LogP contribution in [0.5, 0.6) is 0 Å². The third kappa shape index (κ3) is 14.2. The van der Waals surface area contributed by atoms with Crippen LogP contribution in [0.1, 0.15) is 57.1 Å². The minimum absolute atomic E-state index is 0.0158. The molecular weight excluding hydrogens is 486 g/mol. The summed E-state index contributed by atoms with van der Waals surface area (Å²) < 4.78 is 30.4. The number of carbonyl (C=O) groups is 2. The third-order valence-corrected chi connectivity index (χ3v) is 6.30. The number of rotatable bonds is 11. The normalized spacial score (nSPS) is 14.9. The molecule has 9 N–H and O–H groups in total. The fourth-order valence-electron chi connectivity index (χ4n) is 2.99. The third-order valence-electron chi connectivity index (χ3n) is 4.41. The Kier molecular flexibility index (Phi) is 12.8. The summed E-state index contributed by atoms with van der Waals surface area (Å²) in [7, 11) is -3.71. The van der Waals surface area contributed by atoms with Gasteiger partial charge in [0, 0.05) is 30.0 Å². The van der Waals surface area contributed by atoms with Crippen LogP contribution in [0.15, 0.2) is 26.9 Å². The van der Waals surface area contributed by atoms with Gasteiger partial charge in [-0.15, -0.1) is 15.7 Å². The van der Waals surface area contributed by atoms with Crippen LogP contribution >= 0.6 is 11.3 Å². The number of nitrogens with one attached hydrogen (secondary N) is 1. The monoisotopic (exact) mass is 517 g/mol. The number of aliphatic carboxylic acids is 2. The van der Waals surface area contributed by atoms with Crippen molar-refractivity contribution in [3.05, 3.63) is 23.2 Å². The number of unbranched alkanes of at least 4 members (excludes halogenated alkanes) is 1. The van der Waals surface area contributed by atoms with Gasteiger partial charge < -0.3 is 27.4 Å². The first-order chi connectivity index (χ1) is 16.0. The van der Waals surface area contributed by atoms with Crippen LogP contribution in [0.3, 0.4) is 0 Å². The summed E-state index contributed by atoms with van der Waals surface area (Å²) in [6.45, 7) is 0. The molecule has 0 atom stereocenters. The second-order valence-electron chi connectivity index (χ2n) is 7.39. The number of guanidine groups is 1. The van der Waals surface area contributed by atoms with E-state index in [1.807, 2.05) is 5.38 Å². The van der Waals surface area contributed by atoms with Crippen LogP contribution in [0, 0.1) is 0 Å². The molecule has 0 radical (unpaired) electrons. The maximum Gasteiger partial charge on any atom is 0.328 e. The van der Waals surface area contributed by atoms with Gasteiger partial charge in [-0.05, 0) is 32.1 Å². The maximum absolute atomic E-state index is 12.0. The first-order valence-corrected chi connectivity index (χ1v) is 12.8. The van der Waals surface area contributed by atoms with Crippen LogP contribution < -0.4 is 21.9 Å². The molecule has 0 amide bonds. The molecule has 0 spiro atoms. The van der Waals surface area contributed by atoms with Gasteiger partial charge in [-0.25, -0.2) is 14.6 Å². The van der Waals surface area contributed by atoms with Gasteiger partial charge >= 0.3 is 22.1 Å². The molecule has 1 fully saturated rings. The molecule has 34 heavy (non-hydrogen) atoms. The van der Waals surface area contributed by atoms with E-state index >= 15 is 0 Å². The molecule has 13 nitrogen and oxygen atoms in total. The van der Waals surface area contributed by atoms with E-state index in [9.17, 15) is 18.0 Å². The van der Waals surface area contributed by atoms with Gasteiger partial charge in [-0.3, -0.25) is 0 Å². The van der Waals surface area contributed by atoms with Crippen LogP contribution in [0.2, 0.25) is 0 Å². The lowest BCUT2D eigenvalue weighted by atomic mass is 9.96. The number of aryl methyl sites for hydroxylation is 1. The smallest absolute Gasteiger partial charge is 0.328 e. The molecule has 15 heteroatoms. The minimum atomic E-state index is -3.71. The predicted octanol–water partition coefficient (Wildman–Crippen LogP) is 0.997. The van der Waals surface area contributed by atoms with Gasteiger partial charge in [-0.2, -0.15) is 18.1 Å². The van der Waals surface area contributed by atoms with E-state index in [4.69, 9.17) is 27.4 Å². The zero-order valence-electron chi connectivity index (χ0n) is 18.6. The standard InChI is InChI=1S/C15H27N7O2S2.C4H4O4/c16-13(22-26(23,24)21-11-6-2-1-3-7-11)9-5-4-8-12-10-25-15(19-12)20-14(17)18;5-3(6)1-2-4(7)8/h10-11,21H,1-9H2,(H2,16,22)(H4,17,18,19,20);1-2H,(H,5,6)(H,7,8)/b;2-1-. The minimum Gasteiger partial charge on any atom is -0.478 e. The Balaban J connectivity index is 0.000000620. The van der Waals surface area contributed by atoms with E-state index in [2.05, 4.69) is 19.1 Å². The van der Waals surface area contributed by atoms with Crippen molar-refractivity contribution in [2.75, 3.05) is 0 Å². The van der Waals surface area contributed by atoms with Crippen molar-refractivity contribution in [2.24, 2.45) is 26.6 Å². The summed E-state index contributed by atoms with van der Waals surface area (Å²) in [6.07, 6.45) is 8.82. The van der Waals surface area contributed by atoms with Crippen molar-refractivity contribution < 1.29 is 28.2 Å².